The van der Waals surface area contributed by atoms with Gasteiger partial charge in [0.05, 0.1) is 0 Å². The molecule has 1 aliphatic rings. The van der Waals surface area contributed by atoms with E-state index in [9.17, 15) is 0 Å². The van der Waals surface area contributed by atoms with E-state index in [1.807, 2.05) is 12.4 Å². The molecule has 3 heteroatoms. The van der Waals surface area contributed by atoms with Crippen molar-refractivity contribution in [3.05, 3.63) is 54.5 Å². The zero-order valence-corrected chi connectivity index (χ0v) is 11.3. The van der Waals surface area contributed by atoms with Crippen LogP contribution < -0.4 is 5.32 Å². The number of hydrogen-bond donors (Lipinski definition) is 1. The van der Waals surface area contributed by atoms with Gasteiger partial charge in [-0.25, -0.2) is 0 Å². The van der Waals surface area contributed by atoms with Crippen molar-refractivity contribution in [3.63, 3.8) is 0 Å². The summed E-state index contributed by atoms with van der Waals surface area (Å²) in [5.74, 6) is 0. The minimum atomic E-state index is 1.05. The highest BCUT2D eigenvalue weighted by Gasteiger charge is 2.12. The fourth-order valence-corrected chi connectivity index (χ4v) is 3.04. The van der Waals surface area contributed by atoms with Crippen molar-refractivity contribution < 1.29 is 0 Å². The SMILES string of the molecule is c1cc(-c2ccc3cc4n(c3c2)CCNCC4)ccn1. The van der Waals surface area contributed by atoms with E-state index in [0.29, 0.717) is 0 Å². The second-order valence-corrected chi connectivity index (χ2v) is 5.30. The topological polar surface area (TPSA) is 29.9 Å². The number of pyridine rings is 1. The number of hydrogen-bond acceptors (Lipinski definition) is 2. The maximum atomic E-state index is 4.09. The zero-order chi connectivity index (χ0) is 13.4. The Morgan fingerprint density at radius 1 is 0.950 bits per heavy atom. The Morgan fingerprint density at radius 2 is 1.85 bits per heavy atom. The maximum Gasteiger partial charge on any atom is 0.0489 e. The summed E-state index contributed by atoms with van der Waals surface area (Å²) in [7, 11) is 0. The molecule has 100 valence electrons. The van der Waals surface area contributed by atoms with Crippen molar-refractivity contribution in [2.75, 3.05) is 13.1 Å². The van der Waals surface area contributed by atoms with Crippen LogP contribution in [0.2, 0.25) is 0 Å². The lowest BCUT2D eigenvalue weighted by Gasteiger charge is -2.07. The Hall–Kier alpha value is -2.13. The molecular formula is C17H17N3. The van der Waals surface area contributed by atoms with E-state index in [0.717, 1.165) is 26.1 Å². The van der Waals surface area contributed by atoms with Crippen LogP contribution in [0.4, 0.5) is 0 Å². The lowest BCUT2D eigenvalue weighted by molar-refractivity contribution is 0.658. The first kappa shape index (κ1) is 11.7. The van der Waals surface area contributed by atoms with Gasteiger partial charge in [0.2, 0.25) is 0 Å². The minimum absolute atomic E-state index is 1.05. The molecule has 0 bridgehead atoms. The normalized spacial score (nSPS) is 15.0. The van der Waals surface area contributed by atoms with Crippen LogP contribution in [-0.4, -0.2) is 22.6 Å². The highest BCUT2D eigenvalue weighted by Crippen LogP contribution is 2.27. The van der Waals surface area contributed by atoms with Crippen LogP contribution in [0.25, 0.3) is 22.0 Å². The van der Waals surface area contributed by atoms with Crippen LogP contribution in [0.5, 0.6) is 0 Å². The first-order valence-electron chi connectivity index (χ1n) is 7.15. The van der Waals surface area contributed by atoms with E-state index >= 15 is 0 Å². The van der Waals surface area contributed by atoms with E-state index in [2.05, 4.69) is 51.3 Å². The van der Waals surface area contributed by atoms with Gasteiger partial charge >= 0.3 is 0 Å². The fraction of sp³-hybridized carbons (Fsp3) is 0.235. The molecule has 0 amide bonds. The van der Waals surface area contributed by atoms with Gasteiger partial charge in [-0.15, -0.1) is 0 Å². The first-order chi connectivity index (χ1) is 9.92. The van der Waals surface area contributed by atoms with Gasteiger partial charge in [0.15, 0.2) is 0 Å². The molecule has 1 N–H and O–H groups in total. The fourth-order valence-electron chi connectivity index (χ4n) is 3.04. The summed E-state index contributed by atoms with van der Waals surface area (Å²) in [5.41, 5.74) is 5.28. The molecule has 1 aliphatic heterocycles. The van der Waals surface area contributed by atoms with Gasteiger partial charge in [0.25, 0.3) is 0 Å². The lowest BCUT2D eigenvalue weighted by atomic mass is 10.1. The summed E-state index contributed by atoms with van der Waals surface area (Å²) in [6.45, 7) is 3.18. The molecule has 0 aliphatic carbocycles. The standard InChI is InChI=1S/C17H17N3/c1-2-15-11-16-5-8-19-9-10-20(16)17(15)12-14(1)13-3-6-18-7-4-13/h1-4,6-7,11-12,19H,5,8-10H2. The maximum absolute atomic E-state index is 4.09. The molecule has 4 rings (SSSR count). The van der Waals surface area contributed by atoms with Crippen molar-refractivity contribution in [1.29, 1.82) is 0 Å². The average Bonchev–Trinajstić information content (AvgIpc) is 2.69. The van der Waals surface area contributed by atoms with Crippen LogP contribution in [0, 0.1) is 0 Å². The number of nitrogens with zero attached hydrogens (tertiary/aromatic N) is 2. The molecule has 0 unspecified atom stereocenters. The molecule has 0 radical (unpaired) electrons. The Bertz CT molecular complexity index is 744. The molecule has 20 heavy (non-hydrogen) atoms. The van der Waals surface area contributed by atoms with Gasteiger partial charge < -0.3 is 9.88 Å². The molecule has 0 atom stereocenters. The Kier molecular flexibility index (Phi) is 2.78. The predicted octanol–water partition coefficient (Wildman–Crippen LogP) is 2.85. The lowest BCUT2D eigenvalue weighted by Crippen LogP contribution is -2.17. The Morgan fingerprint density at radius 3 is 2.75 bits per heavy atom. The molecule has 0 saturated heterocycles. The van der Waals surface area contributed by atoms with Crippen LogP contribution >= 0.6 is 0 Å². The van der Waals surface area contributed by atoms with Crippen LogP contribution in [0.1, 0.15) is 5.69 Å². The van der Waals surface area contributed by atoms with Gasteiger partial charge in [0.1, 0.15) is 0 Å². The van der Waals surface area contributed by atoms with Crippen LogP contribution in [0.15, 0.2) is 48.8 Å². The van der Waals surface area contributed by atoms with E-state index < -0.39 is 0 Å². The molecular weight excluding hydrogens is 246 g/mol. The summed E-state index contributed by atoms with van der Waals surface area (Å²) < 4.78 is 2.46. The smallest absolute Gasteiger partial charge is 0.0489 e. The van der Waals surface area contributed by atoms with Gasteiger partial charge in [0, 0.05) is 49.7 Å². The third-order valence-corrected chi connectivity index (χ3v) is 4.07. The van der Waals surface area contributed by atoms with Crippen molar-refractivity contribution in [1.82, 2.24) is 14.9 Å². The second-order valence-electron chi connectivity index (χ2n) is 5.30. The van der Waals surface area contributed by atoms with Crippen molar-refractivity contribution >= 4 is 10.9 Å². The molecule has 3 aromatic rings. The monoisotopic (exact) mass is 263 g/mol. The highest BCUT2D eigenvalue weighted by molar-refractivity contribution is 5.86. The molecule has 3 heterocycles. The minimum Gasteiger partial charge on any atom is -0.343 e. The number of rotatable bonds is 1. The summed E-state index contributed by atoms with van der Waals surface area (Å²) in [5, 5.41) is 4.81. The quantitative estimate of drug-likeness (QED) is 0.731. The first-order valence-corrected chi connectivity index (χ1v) is 7.15. The highest BCUT2D eigenvalue weighted by atomic mass is 15.0. The summed E-state index contributed by atoms with van der Waals surface area (Å²) in [6, 6.07) is 13.2. The number of aromatic nitrogens is 2. The summed E-state index contributed by atoms with van der Waals surface area (Å²) >= 11 is 0. The summed E-state index contributed by atoms with van der Waals surface area (Å²) in [4.78, 5) is 4.09. The third-order valence-electron chi connectivity index (χ3n) is 4.07. The molecule has 0 saturated carbocycles. The van der Waals surface area contributed by atoms with Gasteiger partial charge in [-0.1, -0.05) is 12.1 Å². The molecule has 1 aromatic carbocycles. The van der Waals surface area contributed by atoms with Gasteiger partial charge in [-0.05, 0) is 40.8 Å². The van der Waals surface area contributed by atoms with Gasteiger partial charge in [-0.3, -0.25) is 4.98 Å². The third kappa shape index (κ3) is 1.91. The van der Waals surface area contributed by atoms with E-state index in [1.54, 1.807) is 0 Å². The van der Waals surface area contributed by atoms with Crippen molar-refractivity contribution in [2.24, 2.45) is 0 Å². The molecule has 2 aromatic heterocycles. The van der Waals surface area contributed by atoms with E-state index in [4.69, 9.17) is 0 Å². The second kappa shape index (κ2) is 4.76. The number of nitrogens with one attached hydrogen (secondary N) is 1. The van der Waals surface area contributed by atoms with Gasteiger partial charge in [-0.2, -0.15) is 0 Å². The number of fused-ring (bicyclic) bond motifs is 3. The van der Waals surface area contributed by atoms with Crippen molar-refractivity contribution in [2.45, 2.75) is 13.0 Å². The molecule has 0 spiro atoms. The molecule has 0 fully saturated rings. The average molecular weight is 263 g/mol. The zero-order valence-electron chi connectivity index (χ0n) is 11.3. The number of benzene rings is 1. The van der Waals surface area contributed by atoms with E-state index in [-0.39, 0.29) is 0 Å². The predicted molar refractivity (Wildman–Crippen MR) is 81.7 cm³/mol. The Labute approximate surface area is 118 Å². The Balaban J connectivity index is 1.88. The summed E-state index contributed by atoms with van der Waals surface area (Å²) in [6.07, 6.45) is 4.81. The van der Waals surface area contributed by atoms with Crippen LogP contribution in [-0.2, 0) is 13.0 Å². The van der Waals surface area contributed by atoms with Crippen LogP contribution in [0.3, 0.4) is 0 Å². The van der Waals surface area contributed by atoms with Crippen molar-refractivity contribution in [3.8, 4) is 11.1 Å². The van der Waals surface area contributed by atoms with E-state index in [1.165, 1.54) is 27.7 Å². The molecule has 3 nitrogen and oxygen atoms in total. The largest absolute Gasteiger partial charge is 0.343 e.